The summed E-state index contributed by atoms with van der Waals surface area (Å²) in [4.78, 5) is 13.9. The van der Waals surface area contributed by atoms with E-state index in [9.17, 15) is 4.79 Å². The van der Waals surface area contributed by atoms with Crippen LogP contribution >= 0.6 is 34.7 Å². The molecule has 0 saturated carbocycles. The fourth-order valence-corrected chi connectivity index (χ4v) is 3.26. The topological polar surface area (TPSA) is 46.1 Å². The van der Waals surface area contributed by atoms with Gasteiger partial charge in [-0.25, -0.2) is 0 Å². The Morgan fingerprint density at radius 2 is 2.21 bits per heavy atom. The van der Waals surface area contributed by atoms with Crippen molar-refractivity contribution < 1.29 is 4.79 Å². The molecule has 0 atom stereocenters. The van der Waals surface area contributed by atoms with Crippen molar-refractivity contribution in [3.05, 3.63) is 44.4 Å². The Kier molecular flexibility index (Phi) is 3.43. The summed E-state index contributed by atoms with van der Waals surface area (Å²) in [5, 5.41) is 6.73. The second kappa shape index (κ2) is 5.07. The maximum atomic E-state index is 12.2. The Morgan fingerprint density at radius 1 is 1.37 bits per heavy atom. The van der Waals surface area contributed by atoms with Gasteiger partial charge < -0.3 is 4.90 Å². The molecule has 1 amide bonds. The largest absolute Gasteiger partial charge is 0.333 e. The highest BCUT2D eigenvalue weighted by Crippen LogP contribution is 2.30. The zero-order valence-electron chi connectivity index (χ0n) is 9.77. The smallest absolute Gasteiger partial charge is 0.275 e. The third-order valence-electron chi connectivity index (χ3n) is 3.11. The van der Waals surface area contributed by atoms with Crippen molar-refractivity contribution >= 4 is 40.6 Å². The summed E-state index contributed by atoms with van der Waals surface area (Å²) < 4.78 is 3.71. The van der Waals surface area contributed by atoms with Gasteiger partial charge in [-0.15, -0.1) is 5.10 Å². The zero-order chi connectivity index (χ0) is 13.4. The van der Waals surface area contributed by atoms with Crippen molar-refractivity contribution in [1.29, 1.82) is 0 Å². The summed E-state index contributed by atoms with van der Waals surface area (Å²) in [6, 6.07) is 3.60. The molecular weight excluding hydrogens is 305 g/mol. The van der Waals surface area contributed by atoms with Crippen molar-refractivity contribution in [2.75, 3.05) is 6.54 Å². The molecule has 0 radical (unpaired) electrons. The molecule has 1 aliphatic rings. The van der Waals surface area contributed by atoms with Crippen molar-refractivity contribution in [1.82, 2.24) is 14.5 Å². The van der Waals surface area contributed by atoms with E-state index in [1.165, 1.54) is 11.5 Å². The van der Waals surface area contributed by atoms with Gasteiger partial charge in [0.25, 0.3) is 5.91 Å². The minimum Gasteiger partial charge on any atom is -0.333 e. The van der Waals surface area contributed by atoms with Gasteiger partial charge in [-0.2, -0.15) is 0 Å². The SMILES string of the molecule is O=C(c1csnn1)N1CCc2c(Cl)cc(Cl)cc2C1. The van der Waals surface area contributed by atoms with Crippen LogP contribution in [0.2, 0.25) is 10.0 Å². The number of hydrogen-bond acceptors (Lipinski definition) is 4. The molecule has 3 rings (SSSR count). The van der Waals surface area contributed by atoms with Crippen LogP contribution in [0.5, 0.6) is 0 Å². The average Bonchev–Trinajstić information content (AvgIpc) is 2.90. The van der Waals surface area contributed by atoms with Gasteiger partial charge in [-0.3, -0.25) is 4.79 Å². The molecule has 7 heteroatoms. The Hall–Kier alpha value is -1.17. The first kappa shape index (κ1) is 12.8. The molecule has 2 aromatic rings. The molecule has 0 spiro atoms. The van der Waals surface area contributed by atoms with Crippen LogP contribution in [-0.2, 0) is 13.0 Å². The number of nitrogens with zero attached hydrogens (tertiary/aromatic N) is 3. The van der Waals surface area contributed by atoms with Crippen LogP contribution in [0.3, 0.4) is 0 Å². The van der Waals surface area contributed by atoms with E-state index in [0.29, 0.717) is 28.8 Å². The first-order valence-corrected chi connectivity index (χ1v) is 7.27. The highest BCUT2D eigenvalue weighted by atomic mass is 35.5. The Bertz CT molecular complexity index is 630. The lowest BCUT2D eigenvalue weighted by Crippen LogP contribution is -2.36. The number of carbonyl (C=O) groups excluding carboxylic acids is 1. The molecule has 1 aliphatic heterocycles. The third-order valence-corrected chi connectivity index (χ3v) is 4.17. The van der Waals surface area contributed by atoms with Crippen LogP contribution in [0, 0.1) is 0 Å². The highest BCUT2D eigenvalue weighted by Gasteiger charge is 2.24. The molecule has 98 valence electrons. The second-order valence-corrected chi connectivity index (χ2v) is 5.75. The summed E-state index contributed by atoms with van der Waals surface area (Å²) in [5.41, 5.74) is 2.47. The van der Waals surface area contributed by atoms with Crippen molar-refractivity contribution in [3.8, 4) is 0 Å². The summed E-state index contributed by atoms with van der Waals surface area (Å²) in [7, 11) is 0. The lowest BCUT2D eigenvalue weighted by Gasteiger charge is -2.29. The fraction of sp³-hybridized carbons (Fsp3) is 0.250. The summed E-state index contributed by atoms with van der Waals surface area (Å²) in [6.07, 6.45) is 0.731. The van der Waals surface area contributed by atoms with E-state index in [1.54, 1.807) is 16.3 Å². The number of benzene rings is 1. The second-order valence-electron chi connectivity index (χ2n) is 4.29. The van der Waals surface area contributed by atoms with E-state index in [-0.39, 0.29) is 5.91 Å². The van der Waals surface area contributed by atoms with Crippen LogP contribution in [0.1, 0.15) is 21.6 Å². The fourth-order valence-electron chi connectivity index (χ4n) is 2.20. The van der Waals surface area contributed by atoms with Crippen LogP contribution in [0.25, 0.3) is 0 Å². The molecule has 0 saturated heterocycles. The minimum atomic E-state index is -0.101. The van der Waals surface area contributed by atoms with E-state index in [2.05, 4.69) is 9.59 Å². The molecule has 0 fully saturated rings. The number of hydrogen-bond donors (Lipinski definition) is 0. The summed E-state index contributed by atoms with van der Waals surface area (Å²) in [5.74, 6) is -0.101. The quantitative estimate of drug-likeness (QED) is 0.813. The monoisotopic (exact) mass is 313 g/mol. The standard InChI is InChI=1S/C12H9Cl2N3OS/c13-8-3-7-5-17(2-1-9(7)10(14)4-8)12(18)11-6-19-16-15-11/h3-4,6H,1-2,5H2. The molecular formula is C12H9Cl2N3OS. The molecule has 4 nitrogen and oxygen atoms in total. The maximum absolute atomic E-state index is 12.2. The van der Waals surface area contributed by atoms with Gasteiger partial charge in [0.2, 0.25) is 0 Å². The van der Waals surface area contributed by atoms with E-state index in [1.807, 2.05) is 6.07 Å². The normalized spacial score (nSPS) is 14.3. The molecule has 19 heavy (non-hydrogen) atoms. The number of fused-ring (bicyclic) bond motifs is 1. The van der Waals surface area contributed by atoms with E-state index in [4.69, 9.17) is 23.2 Å². The zero-order valence-corrected chi connectivity index (χ0v) is 12.1. The number of amides is 1. The van der Waals surface area contributed by atoms with Crippen molar-refractivity contribution in [3.63, 3.8) is 0 Å². The molecule has 2 heterocycles. The average molecular weight is 314 g/mol. The predicted molar refractivity (Wildman–Crippen MR) is 74.8 cm³/mol. The Balaban J connectivity index is 1.88. The minimum absolute atomic E-state index is 0.101. The molecule has 1 aromatic heterocycles. The van der Waals surface area contributed by atoms with Crippen LogP contribution < -0.4 is 0 Å². The molecule has 0 N–H and O–H groups in total. The maximum Gasteiger partial charge on any atom is 0.275 e. The first-order chi connectivity index (χ1) is 9.15. The van der Waals surface area contributed by atoms with Gasteiger partial charge in [-0.1, -0.05) is 27.7 Å². The van der Waals surface area contributed by atoms with E-state index in [0.717, 1.165) is 17.5 Å². The van der Waals surface area contributed by atoms with Crippen LogP contribution in [0.4, 0.5) is 0 Å². The van der Waals surface area contributed by atoms with Gasteiger partial charge in [0.05, 0.1) is 0 Å². The molecule has 0 aliphatic carbocycles. The van der Waals surface area contributed by atoms with Crippen molar-refractivity contribution in [2.24, 2.45) is 0 Å². The number of halogens is 2. The third kappa shape index (κ3) is 2.45. The van der Waals surface area contributed by atoms with Crippen LogP contribution in [-0.4, -0.2) is 26.9 Å². The van der Waals surface area contributed by atoms with Gasteiger partial charge in [0.15, 0.2) is 5.69 Å². The first-order valence-electron chi connectivity index (χ1n) is 5.68. The van der Waals surface area contributed by atoms with Crippen LogP contribution in [0.15, 0.2) is 17.5 Å². The Labute approximate surface area is 124 Å². The van der Waals surface area contributed by atoms with Gasteiger partial charge in [-0.05, 0) is 41.2 Å². The molecule has 1 aromatic carbocycles. The number of rotatable bonds is 1. The Morgan fingerprint density at radius 3 is 2.95 bits per heavy atom. The number of aromatic nitrogens is 2. The number of carbonyl (C=O) groups is 1. The highest BCUT2D eigenvalue weighted by molar-refractivity contribution is 7.03. The molecule has 0 unspecified atom stereocenters. The lowest BCUT2D eigenvalue weighted by molar-refractivity contribution is 0.0728. The summed E-state index contributed by atoms with van der Waals surface area (Å²) >= 11 is 13.3. The predicted octanol–water partition coefficient (Wildman–Crippen LogP) is 3.04. The van der Waals surface area contributed by atoms with Gasteiger partial charge >= 0.3 is 0 Å². The van der Waals surface area contributed by atoms with E-state index >= 15 is 0 Å². The van der Waals surface area contributed by atoms with Gasteiger partial charge in [0, 0.05) is 28.5 Å². The lowest BCUT2D eigenvalue weighted by atomic mass is 9.99. The molecule has 0 bridgehead atoms. The van der Waals surface area contributed by atoms with E-state index < -0.39 is 0 Å². The van der Waals surface area contributed by atoms with Gasteiger partial charge in [0.1, 0.15) is 0 Å². The summed E-state index contributed by atoms with van der Waals surface area (Å²) in [6.45, 7) is 1.14. The van der Waals surface area contributed by atoms with Crippen molar-refractivity contribution in [2.45, 2.75) is 13.0 Å².